The molecule has 0 radical (unpaired) electrons. The summed E-state index contributed by atoms with van der Waals surface area (Å²) in [5, 5.41) is 9.59. The summed E-state index contributed by atoms with van der Waals surface area (Å²) in [4.78, 5) is 0. The molecule has 0 unspecified atom stereocenters. The van der Waals surface area contributed by atoms with E-state index >= 15 is 0 Å². The normalized spacial score (nSPS) is 10.8. The van der Waals surface area contributed by atoms with Gasteiger partial charge in [0, 0.05) is 5.75 Å². The van der Waals surface area contributed by atoms with Crippen LogP contribution in [0, 0.1) is 0 Å². The maximum absolute atomic E-state index is 6.01. The summed E-state index contributed by atoms with van der Waals surface area (Å²) in [6.45, 7) is 2.36. The van der Waals surface area contributed by atoms with Crippen LogP contribution in [0.2, 0.25) is 10.0 Å². The number of aromatic nitrogens is 2. The summed E-state index contributed by atoms with van der Waals surface area (Å²) in [7, 11) is 0. The summed E-state index contributed by atoms with van der Waals surface area (Å²) in [5.41, 5.74) is 2.30. The molecule has 0 aliphatic carbocycles. The highest BCUT2D eigenvalue weighted by atomic mass is 35.5. The zero-order chi connectivity index (χ0) is 17.6. The number of nitrogens with zero attached hydrogens (tertiary/aromatic N) is 2. The van der Waals surface area contributed by atoms with Crippen LogP contribution in [0.1, 0.15) is 23.9 Å². The molecule has 25 heavy (non-hydrogen) atoms. The number of thioether (sulfide) groups is 1. The number of benzene rings is 2. The Morgan fingerprint density at radius 1 is 1.00 bits per heavy atom. The molecule has 0 N–H and O–H groups in total. The third kappa shape index (κ3) is 5.14. The van der Waals surface area contributed by atoms with Gasteiger partial charge in [-0.2, -0.15) is 0 Å². The highest BCUT2D eigenvalue weighted by Gasteiger charge is 2.09. The van der Waals surface area contributed by atoms with Crippen LogP contribution in [0.25, 0.3) is 0 Å². The van der Waals surface area contributed by atoms with Crippen LogP contribution >= 0.6 is 35.0 Å². The Labute approximate surface area is 160 Å². The summed E-state index contributed by atoms with van der Waals surface area (Å²) in [5.74, 6) is 1.88. The second kappa shape index (κ2) is 8.61. The van der Waals surface area contributed by atoms with E-state index in [-0.39, 0.29) is 6.61 Å². The summed E-state index contributed by atoms with van der Waals surface area (Å²) >= 11 is 13.4. The topological polar surface area (TPSA) is 48.2 Å². The minimum atomic E-state index is 0.242. The van der Waals surface area contributed by atoms with Crippen molar-refractivity contribution in [2.24, 2.45) is 0 Å². The molecule has 3 aromatic rings. The second-order valence-electron chi connectivity index (χ2n) is 5.29. The van der Waals surface area contributed by atoms with Gasteiger partial charge >= 0.3 is 0 Å². The van der Waals surface area contributed by atoms with Gasteiger partial charge in [0.2, 0.25) is 0 Å². The molecule has 7 heteroatoms. The molecule has 3 rings (SSSR count). The Balaban J connectivity index is 1.52. The minimum absolute atomic E-state index is 0.242. The van der Waals surface area contributed by atoms with E-state index in [1.165, 1.54) is 17.3 Å². The van der Waals surface area contributed by atoms with Crippen LogP contribution in [0.15, 0.2) is 52.1 Å². The highest BCUT2D eigenvalue weighted by molar-refractivity contribution is 7.98. The van der Waals surface area contributed by atoms with Crippen molar-refractivity contribution in [2.45, 2.75) is 30.9 Å². The van der Waals surface area contributed by atoms with Gasteiger partial charge in [-0.25, -0.2) is 0 Å². The first-order valence-corrected chi connectivity index (χ1v) is 9.49. The highest BCUT2D eigenvalue weighted by Crippen LogP contribution is 2.27. The Hall–Kier alpha value is -1.69. The van der Waals surface area contributed by atoms with E-state index in [0.717, 1.165) is 17.7 Å². The van der Waals surface area contributed by atoms with Gasteiger partial charge in [0.05, 0.1) is 10.0 Å². The number of aryl methyl sites for hydroxylation is 1. The number of rotatable bonds is 7. The van der Waals surface area contributed by atoms with E-state index in [1.807, 2.05) is 36.4 Å². The Morgan fingerprint density at radius 3 is 2.48 bits per heavy atom. The first-order valence-electron chi connectivity index (χ1n) is 7.75. The summed E-state index contributed by atoms with van der Waals surface area (Å²) in [6, 6.07) is 13.5. The van der Waals surface area contributed by atoms with Gasteiger partial charge in [0.25, 0.3) is 11.1 Å². The standard InChI is InChI=1S/C18H16Cl2N2O2S/c1-2-12-3-6-14(7-4-12)23-10-17-21-22-18(24-17)25-11-13-5-8-15(19)16(20)9-13/h3-9H,2,10-11H2,1H3. The number of halogens is 2. The molecular formula is C18H16Cl2N2O2S. The van der Waals surface area contributed by atoms with Crippen molar-refractivity contribution in [3.05, 3.63) is 69.5 Å². The Bertz CT molecular complexity index is 837. The molecule has 0 amide bonds. The molecular weight excluding hydrogens is 379 g/mol. The molecule has 0 fully saturated rings. The predicted molar refractivity (Wildman–Crippen MR) is 100 cm³/mol. The molecule has 0 saturated carbocycles. The van der Waals surface area contributed by atoms with E-state index in [1.54, 1.807) is 6.07 Å². The fraction of sp³-hybridized carbons (Fsp3) is 0.222. The van der Waals surface area contributed by atoms with Gasteiger partial charge in [0.1, 0.15) is 5.75 Å². The zero-order valence-electron chi connectivity index (χ0n) is 13.5. The molecule has 0 atom stereocenters. The van der Waals surface area contributed by atoms with Gasteiger partial charge in [0.15, 0.2) is 6.61 Å². The van der Waals surface area contributed by atoms with Crippen molar-refractivity contribution in [3.8, 4) is 5.75 Å². The monoisotopic (exact) mass is 394 g/mol. The summed E-state index contributed by atoms with van der Waals surface area (Å²) in [6.07, 6.45) is 1.00. The lowest BCUT2D eigenvalue weighted by Crippen LogP contribution is -1.95. The van der Waals surface area contributed by atoms with E-state index in [9.17, 15) is 0 Å². The maximum Gasteiger partial charge on any atom is 0.277 e. The van der Waals surface area contributed by atoms with Crippen molar-refractivity contribution in [1.29, 1.82) is 0 Å². The lowest BCUT2D eigenvalue weighted by molar-refractivity contribution is 0.252. The van der Waals surface area contributed by atoms with Gasteiger partial charge in [-0.3, -0.25) is 0 Å². The second-order valence-corrected chi connectivity index (χ2v) is 7.03. The third-order valence-corrected chi connectivity index (χ3v) is 5.12. The molecule has 0 aliphatic heterocycles. The van der Waals surface area contributed by atoms with Crippen LogP contribution in [0.4, 0.5) is 0 Å². The largest absolute Gasteiger partial charge is 0.484 e. The molecule has 0 bridgehead atoms. The average molecular weight is 395 g/mol. The molecule has 1 aromatic heterocycles. The zero-order valence-corrected chi connectivity index (χ0v) is 15.9. The fourth-order valence-electron chi connectivity index (χ4n) is 2.10. The summed E-state index contributed by atoms with van der Waals surface area (Å²) < 4.78 is 11.2. The van der Waals surface area contributed by atoms with Crippen molar-refractivity contribution >= 4 is 35.0 Å². The molecule has 0 aliphatic rings. The first kappa shape index (κ1) is 18.1. The molecule has 0 saturated heterocycles. The SMILES string of the molecule is CCc1ccc(OCc2nnc(SCc3ccc(Cl)c(Cl)c3)o2)cc1. The van der Waals surface area contributed by atoms with E-state index in [4.69, 9.17) is 32.4 Å². The molecule has 130 valence electrons. The smallest absolute Gasteiger partial charge is 0.277 e. The van der Waals surface area contributed by atoms with Crippen LogP contribution in [-0.4, -0.2) is 10.2 Å². The van der Waals surface area contributed by atoms with Crippen LogP contribution in [0.3, 0.4) is 0 Å². The number of hydrogen-bond acceptors (Lipinski definition) is 5. The van der Waals surface area contributed by atoms with Crippen molar-refractivity contribution in [2.75, 3.05) is 0 Å². The quantitative estimate of drug-likeness (QED) is 0.473. The van der Waals surface area contributed by atoms with Crippen LogP contribution < -0.4 is 4.74 Å². The lowest BCUT2D eigenvalue weighted by atomic mass is 10.2. The number of ether oxygens (including phenoxy) is 1. The minimum Gasteiger partial charge on any atom is -0.484 e. The van der Waals surface area contributed by atoms with Gasteiger partial charge in [-0.05, 0) is 41.8 Å². The van der Waals surface area contributed by atoms with Crippen LogP contribution in [-0.2, 0) is 18.8 Å². The first-order chi connectivity index (χ1) is 12.1. The van der Waals surface area contributed by atoms with E-state index < -0.39 is 0 Å². The van der Waals surface area contributed by atoms with Crippen LogP contribution in [0.5, 0.6) is 5.75 Å². The van der Waals surface area contributed by atoms with Gasteiger partial charge in [-0.1, -0.05) is 60.1 Å². The Morgan fingerprint density at radius 2 is 1.76 bits per heavy atom. The van der Waals surface area contributed by atoms with Gasteiger partial charge < -0.3 is 9.15 Å². The fourth-order valence-corrected chi connectivity index (χ4v) is 3.14. The average Bonchev–Trinajstić information content (AvgIpc) is 3.09. The van der Waals surface area contributed by atoms with E-state index in [0.29, 0.717) is 26.9 Å². The molecule has 4 nitrogen and oxygen atoms in total. The van der Waals surface area contributed by atoms with Crippen molar-refractivity contribution in [1.82, 2.24) is 10.2 Å². The molecule has 0 spiro atoms. The van der Waals surface area contributed by atoms with E-state index in [2.05, 4.69) is 17.1 Å². The lowest BCUT2D eigenvalue weighted by Gasteiger charge is -2.04. The Kier molecular flexibility index (Phi) is 6.24. The van der Waals surface area contributed by atoms with Crippen molar-refractivity contribution < 1.29 is 9.15 Å². The van der Waals surface area contributed by atoms with Crippen molar-refractivity contribution in [3.63, 3.8) is 0 Å². The third-order valence-electron chi connectivity index (χ3n) is 3.49. The predicted octanol–water partition coefficient (Wildman–Crippen LogP) is 5.81. The van der Waals surface area contributed by atoms with Gasteiger partial charge in [-0.15, -0.1) is 10.2 Å². The number of hydrogen-bond donors (Lipinski definition) is 0. The molecule has 2 aromatic carbocycles. The molecule has 1 heterocycles. The maximum atomic E-state index is 6.01.